The summed E-state index contributed by atoms with van der Waals surface area (Å²) in [4.78, 5) is 0. The van der Waals surface area contributed by atoms with Crippen LogP contribution in [0.2, 0.25) is 0 Å². The quantitative estimate of drug-likeness (QED) is 0.229. The Kier molecular flexibility index (Phi) is 4.32. The third-order valence-corrected chi connectivity index (χ3v) is 2.97. The van der Waals surface area contributed by atoms with Crippen molar-refractivity contribution in [2.75, 3.05) is 6.61 Å². The summed E-state index contributed by atoms with van der Waals surface area (Å²) in [7, 11) is 0. The van der Waals surface area contributed by atoms with Crippen LogP contribution in [0.4, 0.5) is 0 Å². The van der Waals surface area contributed by atoms with Crippen LogP contribution in [-0.2, 0) is 4.74 Å². The third kappa shape index (κ3) is 2.80. The number of aliphatic hydroxyl groups is 4. The van der Waals surface area contributed by atoms with Gasteiger partial charge in [0.25, 0.3) is 0 Å². The predicted molar refractivity (Wildman–Crippen MR) is 53.3 cm³/mol. The zero-order valence-electron chi connectivity index (χ0n) is 7.78. The standard InChI is InChI=1S/C7H14N2O5S/c8-7(9)15-6-5(13)4(12)3(11)2(1-10)14-6/h2-6,10-13H,1H2,(H3,8,9)/t2?,3-,4?,5?,6-/m0/s1. The highest BCUT2D eigenvalue weighted by atomic mass is 32.2. The highest BCUT2D eigenvalue weighted by Crippen LogP contribution is 2.27. The van der Waals surface area contributed by atoms with E-state index in [1.807, 2.05) is 0 Å². The molecule has 3 unspecified atom stereocenters. The first-order valence-electron chi connectivity index (χ1n) is 4.28. The Morgan fingerprint density at radius 1 is 1.27 bits per heavy atom. The summed E-state index contributed by atoms with van der Waals surface area (Å²) >= 11 is 0.715. The van der Waals surface area contributed by atoms with Gasteiger partial charge in [0.1, 0.15) is 29.9 Å². The predicted octanol–water partition coefficient (Wildman–Crippen LogP) is -2.59. The van der Waals surface area contributed by atoms with Crippen molar-refractivity contribution in [2.45, 2.75) is 29.9 Å². The van der Waals surface area contributed by atoms with Crippen LogP contribution >= 0.6 is 11.8 Å². The largest absolute Gasteiger partial charge is 0.394 e. The van der Waals surface area contributed by atoms with Crippen LogP contribution in [0.25, 0.3) is 0 Å². The molecule has 1 aliphatic heterocycles. The molecule has 7 N–H and O–H groups in total. The number of thioether (sulfide) groups is 1. The second kappa shape index (κ2) is 5.10. The second-order valence-electron chi connectivity index (χ2n) is 3.18. The zero-order valence-corrected chi connectivity index (χ0v) is 8.59. The van der Waals surface area contributed by atoms with Gasteiger partial charge in [-0.25, -0.2) is 0 Å². The summed E-state index contributed by atoms with van der Waals surface area (Å²) in [6.45, 7) is -0.486. The third-order valence-electron chi connectivity index (χ3n) is 2.09. The molecule has 5 atom stereocenters. The fraction of sp³-hybridized carbons (Fsp3) is 0.857. The lowest BCUT2D eigenvalue weighted by molar-refractivity contribution is -0.205. The van der Waals surface area contributed by atoms with E-state index in [9.17, 15) is 15.3 Å². The fourth-order valence-electron chi connectivity index (χ4n) is 1.29. The highest BCUT2D eigenvalue weighted by Gasteiger charge is 2.43. The van der Waals surface area contributed by atoms with E-state index in [0.29, 0.717) is 11.8 Å². The Balaban J connectivity index is 2.69. The lowest BCUT2D eigenvalue weighted by atomic mass is 10.0. The maximum Gasteiger partial charge on any atom is 0.153 e. The minimum absolute atomic E-state index is 0.278. The normalized spacial score (nSPS) is 41.5. The lowest BCUT2D eigenvalue weighted by Crippen LogP contribution is -2.57. The summed E-state index contributed by atoms with van der Waals surface area (Å²) in [6, 6.07) is 0. The first-order chi connectivity index (χ1) is 6.97. The summed E-state index contributed by atoms with van der Waals surface area (Å²) in [5.74, 6) is 0. The van der Waals surface area contributed by atoms with Gasteiger partial charge >= 0.3 is 0 Å². The molecule has 0 amide bonds. The highest BCUT2D eigenvalue weighted by molar-refractivity contribution is 8.14. The number of rotatable bonds is 2. The molecule has 7 nitrogen and oxygen atoms in total. The van der Waals surface area contributed by atoms with Crippen LogP contribution in [0, 0.1) is 5.41 Å². The van der Waals surface area contributed by atoms with Crippen molar-refractivity contribution in [1.29, 1.82) is 5.41 Å². The fourth-order valence-corrected chi connectivity index (χ4v) is 2.04. The van der Waals surface area contributed by atoms with Crippen molar-refractivity contribution >= 4 is 16.9 Å². The molecule has 0 saturated carbocycles. The average Bonchev–Trinajstić information content (AvgIpc) is 2.18. The van der Waals surface area contributed by atoms with E-state index in [4.69, 9.17) is 21.0 Å². The first kappa shape index (κ1) is 12.7. The van der Waals surface area contributed by atoms with Gasteiger partial charge < -0.3 is 30.9 Å². The number of nitrogens with two attached hydrogens (primary N) is 1. The Morgan fingerprint density at radius 3 is 2.33 bits per heavy atom. The number of hydrogen-bond donors (Lipinski definition) is 6. The number of ether oxygens (including phenoxy) is 1. The van der Waals surface area contributed by atoms with E-state index in [0.717, 1.165) is 0 Å². The summed E-state index contributed by atoms with van der Waals surface area (Å²) in [5.41, 5.74) is 4.14. The van der Waals surface area contributed by atoms with Crippen molar-refractivity contribution in [1.82, 2.24) is 0 Å². The number of aliphatic hydroxyl groups excluding tert-OH is 4. The van der Waals surface area contributed by atoms with Crippen molar-refractivity contribution in [3.8, 4) is 0 Å². The molecular formula is C7H14N2O5S. The monoisotopic (exact) mass is 238 g/mol. The molecule has 0 aromatic carbocycles. The minimum Gasteiger partial charge on any atom is -0.394 e. The van der Waals surface area contributed by atoms with Gasteiger partial charge in [-0.3, -0.25) is 5.41 Å². The Hall–Kier alpha value is -0.380. The van der Waals surface area contributed by atoms with Gasteiger partial charge in [-0.05, 0) is 0 Å². The van der Waals surface area contributed by atoms with Gasteiger partial charge in [-0.1, -0.05) is 11.8 Å². The molecule has 1 fully saturated rings. The topological polar surface area (TPSA) is 140 Å². The lowest BCUT2D eigenvalue weighted by Gasteiger charge is -2.39. The van der Waals surface area contributed by atoms with E-state index in [-0.39, 0.29) is 5.17 Å². The zero-order chi connectivity index (χ0) is 11.6. The molecule has 0 radical (unpaired) electrons. The number of amidine groups is 1. The van der Waals surface area contributed by atoms with E-state index in [2.05, 4.69) is 0 Å². The number of nitrogens with one attached hydrogen (secondary N) is 1. The molecule has 1 heterocycles. The summed E-state index contributed by atoms with van der Waals surface area (Å²) < 4.78 is 5.07. The molecule has 8 heteroatoms. The number of hydrogen-bond acceptors (Lipinski definition) is 7. The van der Waals surface area contributed by atoms with Gasteiger partial charge in [-0.2, -0.15) is 0 Å². The molecule has 0 aromatic rings. The van der Waals surface area contributed by atoms with Crippen molar-refractivity contribution in [3.63, 3.8) is 0 Å². The summed E-state index contributed by atoms with van der Waals surface area (Å²) in [5, 5.41) is 43.8. The van der Waals surface area contributed by atoms with Crippen molar-refractivity contribution in [3.05, 3.63) is 0 Å². The van der Waals surface area contributed by atoms with E-state index in [1.165, 1.54) is 0 Å². The Labute approximate surface area is 90.4 Å². The summed E-state index contributed by atoms with van der Waals surface area (Å²) in [6.07, 6.45) is -5.11. The molecule has 88 valence electrons. The SMILES string of the molecule is N=C(N)S[C@@H]1OC(CO)[C@H](O)C(O)C1O. The van der Waals surface area contributed by atoms with Crippen LogP contribution in [0.5, 0.6) is 0 Å². The Bertz CT molecular complexity index is 239. The van der Waals surface area contributed by atoms with Crippen LogP contribution in [0.15, 0.2) is 0 Å². The van der Waals surface area contributed by atoms with Gasteiger partial charge in [0.15, 0.2) is 5.17 Å². The molecule has 0 bridgehead atoms. The van der Waals surface area contributed by atoms with Crippen LogP contribution in [-0.4, -0.2) is 62.1 Å². The van der Waals surface area contributed by atoms with Crippen LogP contribution in [0.3, 0.4) is 0 Å². The Morgan fingerprint density at radius 2 is 1.87 bits per heavy atom. The van der Waals surface area contributed by atoms with E-state index >= 15 is 0 Å². The molecule has 0 aromatic heterocycles. The van der Waals surface area contributed by atoms with Crippen LogP contribution < -0.4 is 5.73 Å². The van der Waals surface area contributed by atoms with Crippen LogP contribution in [0.1, 0.15) is 0 Å². The first-order valence-corrected chi connectivity index (χ1v) is 5.16. The van der Waals surface area contributed by atoms with Crippen molar-refractivity contribution in [2.24, 2.45) is 5.73 Å². The molecule has 1 rings (SSSR count). The molecular weight excluding hydrogens is 224 g/mol. The average molecular weight is 238 g/mol. The van der Waals surface area contributed by atoms with Gasteiger partial charge in [-0.15, -0.1) is 0 Å². The van der Waals surface area contributed by atoms with Crippen molar-refractivity contribution < 1.29 is 25.2 Å². The molecule has 0 spiro atoms. The van der Waals surface area contributed by atoms with E-state index < -0.39 is 36.5 Å². The maximum absolute atomic E-state index is 9.48. The molecule has 15 heavy (non-hydrogen) atoms. The minimum atomic E-state index is -1.42. The molecule has 1 saturated heterocycles. The molecule has 0 aliphatic carbocycles. The molecule has 1 aliphatic rings. The van der Waals surface area contributed by atoms with E-state index in [1.54, 1.807) is 0 Å². The van der Waals surface area contributed by atoms with Gasteiger partial charge in [0, 0.05) is 0 Å². The smallest absolute Gasteiger partial charge is 0.153 e. The maximum atomic E-state index is 9.48. The van der Waals surface area contributed by atoms with Gasteiger partial charge in [0.2, 0.25) is 0 Å². The van der Waals surface area contributed by atoms with Gasteiger partial charge in [0.05, 0.1) is 6.61 Å². The second-order valence-corrected chi connectivity index (χ2v) is 4.32.